The molecule has 0 spiro atoms. The van der Waals surface area contributed by atoms with E-state index in [1.165, 1.54) is 12.1 Å². The molecular formula is C18H17NO4S. The monoisotopic (exact) mass is 343 g/mol. The van der Waals surface area contributed by atoms with E-state index >= 15 is 0 Å². The lowest BCUT2D eigenvalue weighted by molar-refractivity contribution is 0.0518. The summed E-state index contributed by atoms with van der Waals surface area (Å²) in [6, 6.07) is 14.9. The first kappa shape index (κ1) is 16.3. The first-order chi connectivity index (χ1) is 11.5. The predicted octanol–water partition coefficient (Wildman–Crippen LogP) is 3.36. The Morgan fingerprint density at radius 2 is 1.79 bits per heavy atom. The number of rotatable bonds is 4. The molecule has 6 heteroatoms. The van der Waals surface area contributed by atoms with Crippen LogP contribution in [-0.2, 0) is 14.8 Å². The number of fused-ring (bicyclic) bond motifs is 1. The van der Waals surface area contributed by atoms with Gasteiger partial charge in [-0.25, -0.2) is 17.2 Å². The molecule has 0 saturated heterocycles. The summed E-state index contributed by atoms with van der Waals surface area (Å²) in [6.07, 6.45) is 0. The van der Waals surface area contributed by atoms with Crippen molar-refractivity contribution in [3.8, 4) is 0 Å². The van der Waals surface area contributed by atoms with Crippen molar-refractivity contribution in [1.82, 2.24) is 3.97 Å². The largest absolute Gasteiger partial charge is 0.461 e. The molecule has 3 rings (SSSR count). The van der Waals surface area contributed by atoms with Crippen LogP contribution in [0.5, 0.6) is 0 Å². The second kappa shape index (κ2) is 6.13. The van der Waals surface area contributed by atoms with E-state index in [2.05, 4.69) is 0 Å². The minimum absolute atomic E-state index is 0.00463. The lowest BCUT2D eigenvalue weighted by Crippen LogP contribution is -2.19. The first-order valence-electron chi connectivity index (χ1n) is 7.55. The van der Waals surface area contributed by atoms with Gasteiger partial charge >= 0.3 is 5.97 Å². The summed E-state index contributed by atoms with van der Waals surface area (Å²) >= 11 is 0. The van der Waals surface area contributed by atoms with Crippen molar-refractivity contribution in [3.05, 3.63) is 65.9 Å². The van der Waals surface area contributed by atoms with Gasteiger partial charge in [-0.2, -0.15) is 0 Å². The van der Waals surface area contributed by atoms with Crippen LogP contribution in [0, 0.1) is 6.92 Å². The highest BCUT2D eigenvalue weighted by Gasteiger charge is 2.27. The normalized spacial score (nSPS) is 11.6. The van der Waals surface area contributed by atoms with Crippen LogP contribution in [0.3, 0.4) is 0 Å². The summed E-state index contributed by atoms with van der Waals surface area (Å²) < 4.78 is 32.3. The van der Waals surface area contributed by atoms with Crippen LogP contribution in [-0.4, -0.2) is 25.0 Å². The maximum atomic E-state index is 13.1. The van der Waals surface area contributed by atoms with Gasteiger partial charge in [0.1, 0.15) is 5.69 Å². The fraction of sp³-hybridized carbons (Fsp3) is 0.167. The molecule has 0 aliphatic carbocycles. The summed E-state index contributed by atoms with van der Waals surface area (Å²) in [5.74, 6) is -0.660. The van der Waals surface area contributed by atoms with Crippen LogP contribution in [0.2, 0.25) is 0 Å². The Labute approximate surface area is 140 Å². The van der Waals surface area contributed by atoms with Gasteiger partial charge in [0.2, 0.25) is 0 Å². The molecule has 0 atom stereocenters. The lowest BCUT2D eigenvalue weighted by atomic mass is 10.1. The number of carbonyl (C=O) groups excluding carboxylic acids is 1. The molecule has 0 fully saturated rings. The number of esters is 1. The summed E-state index contributed by atoms with van der Waals surface area (Å²) in [6.45, 7) is 3.73. The van der Waals surface area contributed by atoms with Gasteiger partial charge in [0.05, 0.1) is 17.0 Å². The van der Waals surface area contributed by atoms with Gasteiger partial charge in [-0.15, -0.1) is 0 Å². The summed E-state index contributed by atoms with van der Waals surface area (Å²) in [7, 11) is -3.92. The second-order valence-corrected chi connectivity index (χ2v) is 7.13. The Kier molecular flexibility index (Phi) is 4.15. The molecule has 0 unspecified atom stereocenters. The average molecular weight is 343 g/mol. The van der Waals surface area contributed by atoms with Crippen molar-refractivity contribution >= 4 is 26.9 Å². The van der Waals surface area contributed by atoms with E-state index in [-0.39, 0.29) is 17.2 Å². The van der Waals surface area contributed by atoms with Gasteiger partial charge in [-0.05, 0) is 43.7 Å². The summed E-state index contributed by atoms with van der Waals surface area (Å²) in [5, 5.41) is 0.708. The zero-order valence-electron chi connectivity index (χ0n) is 13.4. The Morgan fingerprint density at radius 1 is 1.08 bits per heavy atom. The fourth-order valence-corrected chi connectivity index (χ4v) is 4.18. The van der Waals surface area contributed by atoms with Crippen molar-refractivity contribution in [2.24, 2.45) is 0 Å². The molecule has 24 heavy (non-hydrogen) atoms. The molecule has 0 amide bonds. The standard InChI is InChI=1S/C18H17NO4S/c1-3-23-18(20)17-12-15-13(2)8-7-11-16(15)19(17)24(21,22)14-9-5-4-6-10-14/h4-12H,3H2,1-2H3. The third-order valence-corrected chi connectivity index (χ3v) is 5.53. The van der Waals surface area contributed by atoms with Crippen molar-refractivity contribution in [3.63, 3.8) is 0 Å². The number of carbonyl (C=O) groups is 1. The maximum absolute atomic E-state index is 13.1. The zero-order valence-corrected chi connectivity index (χ0v) is 14.2. The van der Waals surface area contributed by atoms with Crippen LogP contribution in [0.4, 0.5) is 0 Å². The van der Waals surface area contributed by atoms with E-state index in [9.17, 15) is 13.2 Å². The highest BCUT2D eigenvalue weighted by atomic mass is 32.2. The third kappa shape index (κ3) is 2.59. The number of benzene rings is 2. The molecule has 0 radical (unpaired) electrons. The molecule has 0 bridgehead atoms. The first-order valence-corrected chi connectivity index (χ1v) is 8.99. The molecule has 0 aliphatic heterocycles. The van der Waals surface area contributed by atoms with Gasteiger partial charge in [0.25, 0.3) is 10.0 Å². The number of ether oxygens (including phenoxy) is 1. The Morgan fingerprint density at radius 3 is 2.46 bits per heavy atom. The van der Waals surface area contributed by atoms with Gasteiger partial charge in [-0.3, -0.25) is 0 Å². The van der Waals surface area contributed by atoms with Crippen LogP contribution in [0.1, 0.15) is 23.0 Å². The van der Waals surface area contributed by atoms with Crippen LogP contribution in [0.25, 0.3) is 10.9 Å². The van der Waals surface area contributed by atoms with Crippen molar-refractivity contribution in [2.75, 3.05) is 6.61 Å². The maximum Gasteiger partial charge on any atom is 0.356 e. The topological polar surface area (TPSA) is 65.4 Å². The fourth-order valence-electron chi connectivity index (χ4n) is 2.66. The summed E-state index contributed by atoms with van der Waals surface area (Å²) in [5.41, 5.74) is 1.35. The Bertz CT molecular complexity index is 1000. The van der Waals surface area contributed by atoms with Crippen LogP contribution >= 0.6 is 0 Å². The van der Waals surface area contributed by atoms with E-state index in [1.807, 2.05) is 13.0 Å². The molecule has 0 saturated carbocycles. The number of hydrogen-bond acceptors (Lipinski definition) is 4. The molecular weight excluding hydrogens is 326 g/mol. The van der Waals surface area contributed by atoms with Crippen LogP contribution < -0.4 is 0 Å². The molecule has 5 nitrogen and oxygen atoms in total. The number of nitrogens with zero attached hydrogens (tertiary/aromatic N) is 1. The van der Waals surface area contributed by atoms with Crippen LogP contribution in [0.15, 0.2) is 59.5 Å². The van der Waals surface area contributed by atoms with E-state index in [4.69, 9.17) is 4.74 Å². The Balaban J connectivity index is 2.35. The average Bonchev–Trinajstić information content (AvgIpc) is 2.98. The zero-order chi connectivity index (χ0) is 17.3. The second-order valence-electron chi connectivity index (χ2n) is 5.34. The van der Waals surface area contributed by atoms with E-state index in [0.29, 0.717) is 10.9 Å². The molecule has 3 aromatic rings. The number of aryl methyl sites for hydroxylation is 1. The smallest absolute Gasteiger partial charge is 0.356 e. The Hall–Kier alpha value is -2.60. The van der Waals surface area contributed by atoms with Crippen molar-refractivity contribution in [2.45, 2.75) is 18.7 Å². The van der Waals surface area contributed by atoms with Gasteiger partial charge in [0.15, 0.2) is 0 Å². The predicted molar refractivity (Wildman–Crippen MR) is 91.7 cm³/mol. The SMILES string of the molecule is CCOC(=O)c1cc2c(C)cccc2n1S(=O)(=O)c1ccccc1. The third-order valence-electron chi connectivity index (χ3n) is 3.79. The van der Waals surface area contributed by atoms with Crippen molar-refractivity contribution in [1.29, 1.82) is 0 Å². The van der Waals surface area contributed by atoms with E-state index in [0.717, 1.165) is 9.54 Å². The molecule has 1 heterocycles. The molecule has 124 valence electrons. The minimum atomic E-state index is -3.92. The highest BCUT2D eigenvalue weighted by Crippen LogP contribution is 2.28. The molecule has 1 aromatic heterocycles. The van der Waals surface area contributed by atoms with Gasteiger partial charge in [0, 0.05) is 5.39 Å². The van der Waals surface area contributed by atoms with Gasteiger partial charge < -0.3 is 4.74 Å². The van der Waals surface area contributed by atoms with Gasteiger partial charge in [-0.1, -0.05) is 30.3 Å². The number of aromatic nitrogens is 1. The molecule has 0 N–H and O–H groups in total. The molecule has 0 aliphatic rings. The van der Waals surface area contributed by atoms with Crippen molar-refractivity contribution < 1.29 is 17.9 Å². The lowest BCUT2D eigenvalue weighted by Gasteiger charge is -2.11. The quantitative estimate of drug-likeness (QED) is 0.681. The highest BCUT2D eigenvalue weighted by molar-refractivity contribution is 7.90. The van der Waals surface area contributed by atoms with E-state index < -0.39 is 16.0 Å². The minimum Gasteiger partial charge on any atom is -0.461 e. The summed E-state index contributed by atoms with van der Waals surface area (Å²) in [4.78, 5) is 12.4. The molecule has 2 aromatic carbocycles. The number of hydrogen-bond donors (Lipinski definition) is 0. The van der Waals surface area contributed by atoms with E-state index in [1.54, 1.807) is 43.3 Å².